The Labute approximate surface area is 205 Å². The van der Waals surface area contributed by atoms with Gasteiger partial charge in [0, 0.05) is 12.8 Å². The molecule has 0 bridgehead atoms. The lowest BCUT2D eigenvalue weighted by atomic mass is 9.91. The largest absolute Gasteiger partial charge is 0.493 e. The number of amides is 1. The van der Waals surface area contributed by atoms with Gasteiger partial charge in [0.15, 0.2) is 23.2 Å². The highest BCUT2D eigenvalue weighted by atomic mass is 32.2. The summed E-state index contributed by atoms with van der Waals surface area (Å²) in [6.45, 7) is 0. The Bertz CT molecular complexity index is 991. The van der Waals surface area contributed by atoms with Crippen LogP contribution in [0.1, 0.15) is 30.4 Å². The number of guanidine groups is 1. The van der Waals surface area contributed by atoms with Crippen LogP contribution in [0.3, 0.4) is 0 Å². The Kier molecular flexibility index (Phi) is 9.82. The third kappa shape index (κ3) is 7.80. The lowest BCUT2D eigenvalue weighted by Gasteiger charge is -2.22. The molecule has 2 aromatic carbocycles. The number of aliphatic imine (C=N–C) groups is 1. The molecule has 1 amide bonds. The normalized spacial score (nSPS) is 15.4. The van der Waals surface area contributed by atoms with E-state index in [9.17, 15) is 9.59 Å². The smallest absolute Gasteiger partial charge is 0.231 e. The predicted octanol–water partition coefficient (Wildman–Crippen LogP) is 3.39. The van der Waals surface area contributed by atoms with Gasteiger partial charge >= 0.3 is 0 Å². The first kappa shape index (κ1) is 25.6. The molecule has 0 aliphatic carbocycles. The first-order valence-corrected chi connectivity index (χ1v) is 12.6. The van der Waals surface area contributed by atoms with E-state index in [1.165, 1.54) is 0 Å². The number of hydrogen-bond acceptors (Lipinski definition) is 6. The number of benzene rings is 2. The lowest BCUT2D eigenvalue weighted by molar-refractivity contribution is -0.121. The number of ether oxygens (including phenoxy) is 2. The molecule has 34 heavy (non-hydrogen) atoms. The predicted molar refractivity (Wildman–Crippen MR) is 137 cm³/mol. The second-order valence-corrected chi connectivity index (χ2v) is 9.59. The van der Waals surface area contributed by atoms with Crippen LogP contribution >= 0.6 is 11.8 Å². The monoisotopic (exact) mass is 483 g/mol. The number of ketones is 1. The fourth-order valence-corrected chi connectivity index (χ4v) is 5.21. The van der Waals surface area contributed by atoms with Crippen LogP contribution < -0.4 is 20.5 Å². The van der Waals surface area contributed by atoms with Gasteiger partial charge in [-0.1, -0.05) is 36.4 Å². The van der Waals surface area contributed by atoms with E-state index in [2.05, 4.69) is 10.3 Å². The van der Waals surface area contributed by atoms with Gasteiger partial charge in [-0.25, -0.2) is 4.99 Å². The third-order valence-electron chi connectivity index (χ3n) is 5.85. The summed E-state index contributed by atoms with van der Waals surface area (Å²) in [6.07, 6.45) is 3.14. The van der Waals surface area contributed by atoms with Crippen molar-refractivity contribution in [3.8, 4) is 11.5 Å². The maximum absolute atomic E-state index is 13.2. The zero-order valence-electron chi connectivity index (χ0n) is 19.8. The minimum atomic E-state index is -0.627. The van der Waals surface area contributed by atoms with Crippen molar-refractivity contribution < 1.29 is 19.1 Å². The van der Waals surface area contributed by atoms with Crippen molar-refractivity contribution in [3.63, 3.8) is 0 Å². The number of nitrogens with two attached hydrogens (primary N) is 1. The SMILES string of the molecule is COc1ccc(CC(=O)NC(N)=N[C@H](Cc2ccccc2)C(=O)CC2CCSCC2)cc1OC. The first-order valence-electron chi connectivity index (χ1n) is 11.5. The maximum Gasteiger partial charge on any atom is 0.231 e. The van der Waals surface area contributed by atoms with E-state index < -0.39 is 6.04 Å². The first-order chi connectivity index (χ1) is 16.5. The Morgan fingerprint density at radius 3 is 2.44 bits per heavy atom. The molecule has 0 spiro atoms. The van der Waals surface area contributed by atoms with Gasteiger partial charge in [-0.2, -0.15) is 11.8 Å². The van der Waals surface area contributed by atoms with E-state index in [1.54, 1.807) is 32.4 Å². The molecule has 0 radical (unpaired) electrons. The number of carbonyl (C=O) groups excluding carboxylic acids is 2. The van der Waals surface area contributed by atoms with Crippen molar-refractivity contribution in [3.05, 3.63) is 59.7 Å². The molecule has 1 fully saturated rings. The molecule has 0 aromatic heterocycles. The number of rotatable bonds is 10. The molecular weight excluding hydrogens is 450 g/mol. The highest BCUT2D eigenvalue weighted by molar-refractivity contribution is 7.99. The fourth-order valence-electron chi connectivity index (χ4n) is 4.00. The number of hydrogen-bond donors (Lipinski definition) is 2. The standard InChI is InChI=1S/C26H33N3O4S/c1-32-23-9-8-20(16-24(23)33-2)17-25(31)29-26(27)28-21(14-18-6-4-3-5-7-18)22(30)15-19-10-12-34-13-11-19/h3-9,16,19,21H,10-15,17H2,1-2H3,(H3,27,28,29,31)/t21-/m1/s1. The Hall–Kier alpha value is -3.00. The van der Waals surface area contributed by atoms with Crippen molar-refractivity contribution in [2.75, 3.05) is 25.7 Å². The molecule has 3 rings (SSSR count). The molecule has 1 aliphatic rings. The molecule has 182 valence electrons. The van der Waals surface area contributed by atoms with Gasteiger partial charge in [-0.05, 0) is 53.5 Å². The molecule has 2 aromatic rings. The van der Waals surface area contributed by atoms with E-state index in [-0.39, 0.29) is 24.1 Å². The van der Waals surface area contributed by atoms with Crippen LogP contribution in [0.15, 0.2) is 53.5 Å². The zero-order valence-corrected chi connectivity index (χ0v) is 20.6. The van der Waals surface area contributed by atoms with E-state index >= 15 is 0 Å². The topological polar surface area (TPSA) is 103 Å². The van der Waals surface area contributed by atoms with Crippen LogP contribution in [0.4, 0.5) is 0 Å². The summed E-state index contributed by atoms with van der Waals surface area (Å²) in [5.41, 5.74) is 7.83. The van der Waals surface area contributed by atoms with Crippen LogP contribution in [0, 0.1) is 5.92 Å². The van der Waals surface area contributed by atoms with Crippen LogP contribution in [0.25, 0.3) is 0 Å². The molecule has 0 saturated carbocycles. The van der Waals surface area contributed by atoms with Crippen molar-refractivity contribution in [2.45, 2.75) is 38.1 Å². The van der Waals surface area contributed by atoms with Gasteiger partial charge in [0.25, 0.3) is 0 Å². The quantitative estimate of drug-likeness (QED) is 0.397. The van der Waals surface area contributed by atoms with Crippen LogP contribution in [0.5, 0.6) is 11.5 Å². The van der Waals surface area contributed by atoms with Gasteiger partial charge in [0.2, 0.25) is 5.91 Å². The van der Waals surface area contributed by atoms with Crippen molar-refractivity contribution in [2.24, 2.45) is 16.6 Å². The molecule has 0 unspecified atom stereocenters. The summed E-state index contributed by atoms with van der Waals surface area (Å²) in [6, 6.07) is 14.4. The summed E-state index contributed by atoms with van der Waals surface area (Å²) >= 11 is 1.94. The van der Waals surface area contributed by atoms with E-state index in [1.807, 2.05) is 42.1 Å². The molecule has 7 nitrogen and oxygen atoms in total. The Morgan fingerprint density at radius 1 is 1.06 bits per heavy atom. The van der Waals surface area contributed by atoms with Crippen LogP contribution in [-0.2, 0) is 22.4 Å². The van der Waals surface area contributed by atoms with Crippen molar-refractivity contribution in [1.82, 2.24) is 5.32 Å². The third-order valence-corrected chi connectivity index (χ3v) is 6.90. The van der Waals surface area contributed by atoms with Crippen LogP contribution in [0.2, 0.25) is 0 Å². The number of Topliss-reactive ketones (excluding diaryl/α,β-unsaturated/α-hetero) is 1. The lowest BCUT2D eigenvalue weighted by Crippen LogP contribution is -2.40. The average molecular weight is 484 g/mol. The molecule has 1 heterocycles. The van der Waals surface area contributed by atoms with Crippen LogP contribution in [-0.4, -0.2) is 49.4 Å². The van der Waals surface area contributed by atoms with Crippen molar-refractivity contribution in [1.29, 1.82) is 0 Å². The van der Waals surface area contributed by atoms with Gasteiger partial charge in [-0.3, -0.25) is 14.9 Å². The minimum Gasteiger partial charge on any atom is -0.493 e. The summed E-state index contributed by atoms with van der Waals surface area (Å²) < 4.78 is 10.5. The van der Waals surface area contributed by atoms with E-state index in [0.29, 0.717) is 30.3 Å². The molecule has 1 atom stereocenters. The summed E-state index contributed by atoms with van der Waals surface area (Å²) in [5.74, 6) is 3.43. The van der Waals surface area contributed by atoms with Crippen molar-refractivity contribution >= 4 is 29.4 Å². The number of nitrogens with one attached hydrogen (secondary N) is 1. The Morgan fingerprint density at radius 2 is 1.76 bits per heavy atom. The van der Waals surface area contributed by atoms with Gasteiger partial charge in [-0.15, -0.1) is 0 Å². The second kappa shape index (κ2) is 13.0. The molecule has 1 saturated heterocycles. The summed E-state index contributed by atoms with van der Waals surface area (Å²) in [5, 5.41) is 2.63. The molecule has 8 heteroatoms. The average Bonchev–Trinajstić information content (AvgIpc) is 2.84. The van der Waals surface area contributed by atoms with Gasteiger partial charge < -0.3 is 15.2 Å². The maximum atomic E-state index is 13.2. The van der Waals surface area contributed by atoms with E-state index in [4.69, 9.17) is 15.2 Å². The van der Waals surface area contributed by atoms with E-state index in [0.717, 1.165) is 35.5 Å². The van der Waals surface area contributed by atoms with Gasteiger partial charge in [0.1, 0.15) is 6.04 Å². The number of carbonyl (C=O) groups is 2. The summed E-state index contributed by atoms with van der Waals surface area (Å²) in [4.78, 5) is 30.2. The molecule has 1 aliphatic heterocycles. The molecular formula is C26H33N3O4S. The number of thioether (sulfide) groups is 1. The second-order valence-electron chi connectivity index (χ2n) is 8.36. The highest BCUT2D eigenvalue weighted by Gasteiger charge is 2.24. The molecule has 3 N–H and O–H groups in total. The van der Waals surface area contributed by atoms with Gasteiger partial charge in [0.05, 0.1) is 20.6 Å². The number of nitrogens with zero attached hydrogens (tertiary/aromatic N) is 1. The fraction of sp³-hybridized carbons (Fsp3) is 0.423. The zero-order chi connectivity index (χ0) is 24.3. The minimum absolute atomic E-state index is 0.0426. The summed E-state index contributed by atoms with van der Waals surface area (Å²) in [7, 11) is 3.10. The number of methoxy groups -OCH3 is 2. The highest BCUT2D eigenvalue weighted by Crippen LogP contribution is 2.28. The Balaban J connectivity index is 1.67.